The molecule has 33 heavy (non-hydrogen) atoms. The van der Waals surface area contributed by atoms with Crippen LogP contribution in [0.3, 0.4) is 0 Å². The number of likely N-dealkylation sites (tertiary alicyclic amines) is 1. The van der Waals surface area contributed by atoms with Gasteiger partial charge < -0.3 is 25.3 Å². The maximum absolute atomic E-state index is 13.2. The van der Waals surface area contributed by atoms with Crippen molar-refractivity contribution in [1.29, 1.82) is 0 Å². The Morgan fingerprint density at radius 3 is 2.58 bits per heavy atom. The number of aromatic nitrogens is 2. The van der Waals surface area contributed by atoms with Crippen molar-refractivity contribution in [1.82, 2.24) is 14.7 Å². The Labute approximate surface area is 189 Å². The van der Waals surface area contributed by atoms with Gasteiger partial charge in [0.25, 0.3) is 11.3 Å². The van der Waals surface area contributed by atoms with Crippen molar-refractivity contribution in [2.75, 3.05) is 13.1 Å². The summed E-state index contributed by atoms with van der Waals surface area (Å²) in [6, 6.07) is 9.23. The average Bonchev–Trinajstić information content (AvgIpc) is 3.44. The van der Waals surface area contributed by atoms with Gasteiger partial charge >= 0.3 is 11.9 Å². The Kier molecular flexibility index (Phi) is 6.08. The van der Waals surface area contributed by atoms with Crippen molar-refractivity contribution in [2.45, 2.75) is 50.0 Å². The summed E-state index contributed by atoms with van der Waals surface area (Å²) in [5.41, 5.74) is -2.92. The number of aliphatic hydroxyl groups excluding tert-OH is 1. The molecule has 2 fully saturated rings. The van der Waals surface area contributed by atoms with Crippen LogP contribution in [0.5, 0.6) is 0 Å². The van der Waals surface area contributed by atoms with E-state index in [2.05, 4.69) is 16.9 Å². The third kappa shape index (κ3) is 4.05. The zero-order valence-electron chi connectivity index (χ0n) is 18.2. The lowest BCUT2D eigenvalue weighted by Crippen LogP contribution is -2.59. The van der Waals surface area contributed by atoms with Gasteiger partial charge in [0.15, 0.2) is 0 Å². The van der Waals surface area contributed by atoms with Crippen molar-refractivity contribution in [2.24, 2.45) is 5.92 Å². The number of nitrogens with zero attached hydrogens (tertiary/aromatic N) is 3. The third-order valence-corrected chi connectivity index (χ3v) is 6.83. The lowest BCUT2D eigenvalue weighted by molar-refractivity contribution is -0.204. The van der Waals surface area contributed by atoms with E-state index in [9.17, 15) is 29.7 Å². The molecule has 1 aliphatic carbocycles. The van der Waals surface area contributed by atoms with E-state index in [1.165, 1.54) is 18.9 Å². The minimum atomic E-state index is -3.47. The van der Waals surface area contributed by atoms with Gasteiger partial charge in [-0.3, -0.25) is 4.79 Å². The van der Waals surface area contributed by atoms with Gasteiger partial charge in [-0.15, -0.1) is 0 Å². The summed E-state index contributed by atoms with van der Waals surface area (Å²) in [5.74, 6) is -3.44. The van der Waals surface area contributed by atoms with Crippen LogP contribution in [0, 0.1) is 5.92 Å². The fourth-order valence-corrected chi connectivity index (χ4v) is 4.82. The molecule has 4 N–H and O–H groups in total. The summed E-state index contributed by atoms with van der Waals surface area (Å²) in [4.78, 5) is 38.6. The molecule has 1 aromatic carbocycles. The molecule has 1 aromatic heterocycles. The topological polar surface area (TPSA) is 153 Å². The number of hydrogen-bond acceptors (Lipinski definition) is 7. The predicted molar refractivity (Wildman–Crippen MR) is 117 cm³/mol. The monoisotopic (exact) mass is 457 g/mol. The summed E-state index contributed by atoms with van der Waals surface area (Å²) < 4.78 is 0.122. The minimum Gasteiger partial charge on any atom is -0.479 e. The molecule has 2 aliphatic rings. The van der Waals surface area contributed by atoms with Gasteiger partial charge in [0, 0.05) is 18.8 Å². The van der Waals surface area contributed by atoms with Crippen LogP contribution in [-0.2, 0) is 15.3 Å². The SMILES string of the molecule is C[C@H]1CCCN1C[C@H]1C[C@@H]1c1ccccc1-c1ccnn([C@@](O)(C(=O)O)[C@@H](O)C(=O)O)c1=O. The highest BCUT2D eigenvalue weighted by Gasteiger charge is 2.52. The first kappa shape index (κ1) is 23.1. The van der Waals surface area contributed by atoms with E-state index in [-0.39, 0.29) is 16.2 Å². The third-order valence-electron chi connectivity index (χ3n) is 6.83. The number of aliphatic hydroxyl groups is 2. The Morgan fingerprint density at radius 1 is 1.21 bits per heavy atom. The lowest BCUT2D eigenvalue weighted by Gasteiger charge is -2.27. The van der Waals surface area contributed by atoms with E-state index in [0.29, 0.717) is 17.5 Å². The number of aliphatic carboxylic acids is 2. The molecular formula is C23H27N3O7. The Morgan fingerprint density at radius 2 is 1.94 bits per heavy atom. The van der Waals surface area contributed by atoms with Gasteiger partial charge in [-0.05, 0) is 61.8 Å². The van der Waals surface area contributed by atoms with Gasteiger partial charge in [-0.2, -0.15) is 9.78 Å². The van der Waals surface area contributed by atoms with Crippen LogP contribution in [0.15, 0.2) is 41.3 Å². The van der Waals surface area contributed by atoms with Crippen LogP contribution in [0.25, 0.3) is 11.1 Å². The van der Waals surface area contributed by atoms with Crippen LogP contribution in [0.1, 0.15) is 37.7 Å². The molecule has 0 amide bonds. The first-order valence-corrected chi connectivity index (χ1v) is 10.9. The standard InChI is InChI=1S/C23H27N3O7/c1-13-5-4-10-25(13)12-14-11-18(14)16-7-3-2-6-15(16)17-8-9-24-26(20(17)28)23(33,22(31)32)19(27)21(29)30/h2-3,6-9,13-14,18-19,27,33H,4-5,10-12H2,1H3,(H,29,30)(H,31,32)/t13-,14+,18-,19-,23-/m0/s1. The first-order valence-electron chi connectivity index (χ1n) is 10.9. The Hall–Kier alpha value is -3.08. The van der Waals surface area contributed by atoms with Gasteiger partial charge in [0.1, 0.15) is 0 Å². The van der Waals surface area contributed by atoms with Crippen molar-refractivity contribution in [3.8, 4) is 11.1 Å². The van der Waals surface area contributed by atoms with Gasteiger partial charge in [-0.1, -0.05) is 24.3 Å². The quantitative estimate of drug-likeness (QED) is 0.448. The Bertz CT molecular complexity index is 1130. The highest BCUT2D eigenvalue weighted by atomic mass is 16.5. The number of carboxylic acid groups (broad SMARTS) is 2. The van der Waals surface area contributed by atoms with Crippen molar-refractivity contribution < 1.29 is 30.0 Å². The molecule has 0 spiro atoms. The van der Waals surface area contributed by atoms with Crippen LogP contribution >= 0.6 is 0 Å². The van der Waals surface area contributed by atoms with E-state index >= 15 is 0 Å². The van der Waals surface area contributed by atoms with E-state index < -0.39 is 29.3 Å². The normalized spacial score (nSPS) is 25.4. The summed E-state index contributed by atoms with van der Waals surface area (Å²) >= 11 is 0. The summed E-state index contributed by atoms with van der Waals surface area (Å²) in [6.07, 6.45) is 1.66. The smallest absolute Gasteiger partial charge is 0.362 e. The molecule has 176 valence electrons. The second-order valence-corrected chi connectivity index (χ2v) is 8.91. The highest BCUT2D eigenvalue weighted by molar-refractivity contribution is 5.85. The minimum absolute atomic E-state index is 0.0676. The van der Waals surface area contributed by atoms with Crippen LogP contribution in [-0.4, -0.2) is 72.3 Å². The molecule has 0 radical (unpaired) electrons. The molecule has 1 saturated carbocycles. The first-order chi connectivity index (χ1) is 15.7. The largest absolute Gasteiger partial charge is 0.479 e. The molecule has 5 atom stereocenters. The number of carbonyl (C=O) groups is 2. The van der Waals surface area contributed by atoms with Gasteiger partial charge in [0.2, 0.25) is 6.10 Å². The fraction of sp³-hybridized carbons (Fsp3) is 0.478. The van der Waals surface area contributed by atoms with E-state index in [1.54, 1.807) is 12.1 Å². The predicted octanol–water partition coefficient (Wildman–Crippen LogP) is 0.673. The maximum atomic E-state index is 13.2. The van der Waals surface area contributed by atoms with Crippen molar-refractivity contribution in [3.63, 3.8) is 0 Å². The van der Waals surface area contributed by atoms with E-state index in [4.69, 9.17) is 5.11 Å². The lowest BCUT2D eigenvalue weighted by atomic mass is 9.96. The number of benzene rings is 1. The molecule has 1 saturated heterocycles. The molecule has 10 heteroatoms. The van der Waals surface area contributed by atoms with Crippen molar-refractivity contribution >= 4 is 11.9 Å². The molecular weight excluding hydrogens is 430 g/mol. The number of hydrogen-bond donors (Lipinski definition) is 4. The summed E-state index contributed by atoms with van der Waals surface area (Å²) in [7, 11) is 0. The Balaban J connectivity index is 1.70. The maximum Gasteiger partial charge on any atom is 0.362 e. The number of rotatable bonds is 8. The van der Waals surface area contributed by atoms with Crippen LogP contribution in [0.4, 0.5) is 0 Å². The van der Waals surface area contributed by atoms with E-state index in [0.717, 1.165) is 31.3 Å². The van der Waals surface area contributed by atoms with Gasteiger partial charge in [0.05, 0.1) is 5.56 Å². The zero-order valence-corrected chi connectivity index (χ0v) is 18.2. The summed E-state index contributed by atoms with van der Waals surface area (Å²) in [5, 5.41) is 42.5. The van der Waals surface area contributed by atoms with Crippen LogP contribution in [0.2, 0.25) is 0 Å². The highest BCUT2D eigenvalue weighted by Crippen LogP contribution is 2.50. The fourth-order valence-electron chi connectivity index (χ4n) is 4.82. The summed E-state index contributed by atoms with van der Waals surface area (Å²) in [6.45, 7) is 4.29. The number of carboxylic acids is 2. The molecule has 4 rings (SSSR count). The molecule has 2 aromatic rings. The molecule has 2 heterocycles. The molecule has 0 bridgehead atoms. The zero-order chi connectivity index (χ0) is 23.9. The molecule has 10 nitrogen and oxygen atoms in total. The van der Waals surface area contributed by atoms with E-state index in [1.807, 2.05) is 12.1 Å². The van der Waals surface area contributed by atoms with Crippen molar-refractivity contribution in [3.05, 3.63) is 52.4 Å². The van der Waals surface area contributed by atoms with Gasteiger partial charge in [-0.25, -0.2) is 9.59 Å². The molecule has 1 aliphatic heterocycles. The second-order valence-electron chi connectivity index (χ2n) is 8.91. The average molecular weight is 457 g/mol. The second kappa shape index (κ2) is 8.69. The molecule has 0 unspecified atom stereocenters. The van der Waals surface area contributed by atoms with Crippen LogP contribution < -0.4 is 5.56 Å².